The number of carbonyl (C=O) groups excluding carboxylic acids is 3. The number of ether oxygens (including phenoxy) is 1. The van der Waals surface area contributed by atoms with Gasteiger partial charge in [0.1, 0.15) is 27.5 Å². The van der Waals surface area contributed by atoms with Crippen LogP contribution in [0.3, 0.4) is 0 Å². The summed E-state index contributed by atoms with van der Waals surface area (Å²) in [4.78, 5) is 38.0. The SMILES string of the molecule is CC1=C(C(=O)NC(C)C(=O)NC(CCS(C)(=O)=O)C(=O)OC(C)(C)C)Cc2ccccc21. The topological polar surface area (TPSA) is 119 Å². The molecular formula is C23H32N2O6S. The third kappa shape index (κ3) is 7.19. The molecule has 0 heterocycles. The molecule has 8 nitrogen and oxygen atoms in total. The van der Waals surface area contributed by atoms with Crippen molar-refractivity contribution in [3.8, 4) is 0 Å². The lowest BCUT2D eigenvalue weighted by molar-refractivity contribution is -0.158. The second kappa shape index (κ2) is 9.85. The molecule has 2 amide bonds. The summed E-state index contributed by atoms with van der Waals surface area (Å²) in [5.41, 5.74) is 2.72. The Labute approximate surface area is 189 Å². The minimum atomic E-state index is -3.35. The highest BCUT2D eigenvalue weighted by atomic mass is 32.2. The molecule has 2 rings (SSSR count). The number of allylic oxidation sites excluding steroid dienone is 1. The number of carbonyl (C=O) groups is 3. The largest absolute Gasteiger partial charge is 0.458 e. The number of fused-ring (bicyclic) bond motifs is 1. The molecule has 0 fully saturated rings. The van der Waals surface area contributed by atoms with E-state index in [9.17, 15) is 22.8 Å². The second-order valence-electron chi connectivity index (χ2n) is 9.15. The van der Waals surface area contributed by atoms with Gasteiger partial charge in [-0.1, -0.05) is 24.3 Å². The third-order valence-electron chi connectivity index (χ3n) is 5.04. The zero-order valence-corrected chi connectivity index (χ0v) is 20.3. The minimum absolute atomic E-state index is 0.125. The summed E-state index contributed by atoms with van der Waals surface area (Å²) in [6.07, 6.45) is 1.41. The Bertz CT molecular complexity index is 1040. The van der Waals surface area contributed by atoms with Crippen LogP contribution in [-0.4, -0.2) is 55.9 Å². The van der Waals surface area contributed by atoms with E-state index >= 15 is 0 Å². The minimum Gasteiger partial charge on any atom is -0.458 e. The summed E-state index contributed by atoms with van der Waals surface area (Å²) in [5, 5.41) is 5.20. The van der Waals surface area contributed by atoms with Crippen molar-refractivity contribution >= 4 is 33.2 Å². The smallest absolute Gasteiger partial charge is 0.329 e. The van der Waals surface area contributed by atoms with E-state index in [1.54, 1.807) is 20.8 Å². The lowest BCUT2D eigenvalue weighted by atomic mass is 10.1. The molecule has 2 atom stereocenters. The molecule has 0 saturated heterocycles. The van der Waals surface area contributed by atoms with E-state index < -0.39 is 39.4 Å². The molecule has 0 aliphatic heterocycles. The van der Waals surface area contributed by atoms with E-state index in [1.807, 2.05) is 31.2 Å². The molecule has 2 N–H and O–H groups in total. The van der Waals surface area contributed by atoms with Crippen LogP contribution < -0.4 is 10.6 Å². The van der Waals surface area contributed by atoms with Crippen molar-refractivity contribution in [2.75, 3.05) is 12.0 Å². The Morgan fingerprint density at radius 2 is 1.75 bits per heavy atom. The van der Waals surface area contributed by atoms with Crippen molar-refractivity contribution in [2.45, 2.75) is 65.1 Å². The number of benzene rings is 1. The van der Waals surface area contributed by atoms with Gasteiger partial charge in [-0.3, -0.25) is 9.59 Å². The number of amides is 2. The van der Waals surface area contributed by atoms with Gasteiger partial charge in [-0.15, -0.1) is 0 Å². The highest BCUT2D eigenvalue weighted by Gasteiger charge is 2.30. The van der Waals surface area contributed by atoms with Crippen LogP contribution >= 0.6 is 0 Å². The van der Waals surface area contributed by atoms with E-state index in [0.717, 1.165) is 23.0 Å². The predicted molar refractivity (Wildman–Crippen MR) is 122 cm³/mol. The molecule has 1 aromatic rings. The lowest BCUT2D eigenvalue weighted by Crippen LogP contribution is -2.52. The lowest BCUT2D eigenvalue weighted by Gasteiger charge is -2.25. The van der Waals surface area contributed by atoms with Crippen LogP contribution in [0.5, 0.6) is 0 Å². The summed E-state index contributed by atoms with van der Waals surface area (Å²) < 4.78 is 28.4. The van der Waals surface area contributed by atoms with Crippen LogP contribution in [0.1, 0.15) is 52.2 Å². The van der Waals surface area contributed by atoms with Crippen molar-refractivity contribution in [3.63, 3.8) is 0 Å². The Morgan fingerprint density at radius 1 is 1.12 bits per heavy atom. The van der Waals surface area contributed by atoms with Gasteiger partial charge >= 0.3 is 5.97 Å². The van der Waals surface area contributed by atoms with Gasteiger partial charge in [0.05, 0.1) is 5.75 Å². The van der Waals surface area contributed by atoms with Crippen molar-refractivity contribution in [1.82, 2.24) is 10.6 Å². The highest BCUT2D eigenvalue weighted by Crippen LogP contribution is 2.32. The standard InChI is InChI=1S/C23H32N2O6S/c1-14-17-10-8-7-9-16(17)13-18(14)21(27)24-15(2)20(26)25-19(11-12-32(6,29)30)22(28)31-23(3,4)5/h7-10,15,19H,11-13H2,1-6H3,(H,24,27)(H,25,26). The van der Waals surface area contributed by atoms with Gasteiger partial charge in [0, 0.05) is 18.2 Å². The molecule has 1 aliphatic carbocycles. The number of sulfone groups is 1. The molecule has 32 heavy (non-hydrogen) atoms. The molecule has 9 heteroatoms. The predicted octanol–water partition coefficient (Wildman–Crippen LogP) is 1.78. The fourth-order valence-corrected chi connectivity index (χ4v) is 4.04. The molecule has 1 aliphatic rings. The molecule has 0 saturated carbocycles. The van der Waals surface area contributed by atoms with E-state index in [-0.39, 0.29) is 18.1 Å². The zero-order chi connectivity index (χ0) is 24.3. The second-order valence-corrected chi connectivity index (χ2v) is 11.4. The number of hydrogen-bond donors (Lipinski definition) is 2. The molecule has 176 valence electrons. The van der Waals surface area contributed by atoms with Crippen LogP contribution in [0.15, 0.2) is 29.8 Å². The Hall–Kier alpha value is -2.68. The number of esters is 1. The van der Waals surface area contributed by atoms with Crippen molar-refractivity contribution in [2.24, 2.45) is 0 Å². The summed E-state index contributed by atoms with van der Waals surface area (Å²) in [6, 6.07) is 5.65. The first-order valence-electron chi connectivity index (χ1n) is 10.5. The van der Waals surface area contributed by atoms with Crippen molar-refractivity contribution < 1.29 is 27.5 Å². The Kier molecular flexibility index (Phi) is 7.88. The van der Waals surface area contributed by atoms with Gasteiger partial charge in [-0.2, -0.15) is 0 Å². The number of nitrogens with one attached hydrogen (secondary N) is 2. The first-order valence-corrected chi connectivity index (χ1v) is 12.5. The average molecular weight is 465 g/mol. The van der Waals surface area contributed by atoms with Gasteiger partial charge in [0.15, 0.2) is 0 Å². The van der Waals surface area contributed by atoms with Crippen LogP contribution in [-0.2, 0) is 35.4 Å². The number of rotatable bonds is 8. The van der Waals surface area contributed by atoms with E-state index in [0.29, 0.717) is 12.0 Å². The summed E-state index contributed by atoms with van der Waals surface area (Å²) in [6.45, 7) is 8.42. The monoisotopic (exact) mass is 464 g/mol. The molecule has 2 unspecified atom stereocenters. The fourth-order valence-electron chi connectivity index (χ4n) is 3.38. The van der Waals surface area contributed by atoms with Crippen LogP contribution in [0.2, 0.25) is 0 Å². The fraction of sp³-hybridized carbons (Fsp3) is 0.522. The molecule has 0 aromatic heterocycles. The van der Waals surface area contributed by atoms with Crippen LogP contribution in [0.25, 0.3) is 5.57 Å². The Balaban J connectivity index is 2.06. The van der Waals surface area contributed by atoms with E-state index in [2.05, 4.69) is 10.6 Å². The molecule has 1 aromatic carbocycles. The maximum atomic E-state index is 12.8. The molecule has 0 radical (unpaired) electrons. The Morgan fingerprint density at radius 3 is 2.31 bits per heavy atom. The van der Waals surface area contributed by atoms with Gasteiger partial charge in [-0.05, 0) is 57.7 Å². The third-order valence-corrected chi connectivity index (χ3v) is 6.02. The van der Waals surface area contributed by atoms with Crippen LogP contribution in [0, 0.1) is 0 Å². The molecule has 0 spiro atoms. The summed E-state index contributed by atoms with van der Waals surface area (Å²) >= 11 is 0. The zero-order valence-electron chi connectivity index (χ0n) is 19.4. The average Bonchev–Trinajstić information content (AvgIpc) is 2.99. The summed E-state index contributed by atoms with van der Waals surface area (Å²) in [7, 11) is -3.35. The highest BCUT2D eigenvalue weighted by molar-refractivity contribution is 7.90. The maximum absolute atomic E-state index is 12.8. The number of hydrogen-bond acceptors (Lipinski definition) is 6. The van der Waals surface area contributed by atoms with Gasteiger partial charge in [0.25, 0.3) is 0 Å². The first kappa shape index (κ1) is 25.6. The quantitative estimate of drug-likeness (QED) is 0.566. The van der Waals surface area contributed by atoms with E-state index in [4.69, 9.17) is 4.74 Å². The van der Waals surface area contributed by atoms with Gasteiger partial charge < -0.3 is 15.4 Å². The van der Waals surface area contributed by atoms with E-state index in [1.165, 1.54) is 6.92 Å². The van der Waals surface area contributed by atoms with Crippen molar-refractivity contribution in [1.29, 1.82) is 0 Å². The van der Waals surface area contributed by atoms with Gasteiger partial charge in [-0.25, -0.2) is 13.2 Å². The van der Waals surface area contributed by atoms with Gasteiger partial charge in [0.2, 0.25) is 11.8 Å². The summed E-state index contributed by atoms with van der Waals surface area (Å²) in [5.74, 6) is -1.97. The first-order chi connectivity index (χ1) is 14.7. The van der Waals surface area contributed by atoms with Crippen LogP contribution in [0.4, 0.5) is 0 Å². The maximum Gasteiger partial charge on any atom is 0.329 e. The molecular weight excluding hydrogens is 432 g/mol. The molecule has 0 bridgehead atoms. The van der Waals surface area contributed by atoms with Crippen molar-refractivity contribution in [3.05, 3.63) is 41.0 Å². The normalized spacial score (nSPS) is 15.6.